The molecule has 2 aromatic carbocycles. The van der Waals surface area contributed by atoms with Gasteiger partial charge in [0.05, 0.1) is 11.7 Å². The van der Waals surface area contributed by atoms with Gasteiger partial charge < -0.3 is 10.6 Å². The van der Waals surface area contributed by atoms with Crippen LogP contribution in [-0.2, 0) is 9.59 Å². The van der Waals surface area contributed by atoms with Crippen molar-refractivity contribution in [1.82, 2.24) is 10.2 Å². The van der Waals surface area contributed by atoms with Gasteiger partial charge in [-0.25, -0.2) is 0 Å². The Hall–Kier alpha value is -2.99. The van der Waals surface area contributed by atoms with Crippen molar-refractivity contribution in [3.63, 3.8) is 0 Å². The third kappa shape index (κ3) is 5.33. The summed E-state index contributed by atoms with van der Waals surface area (Å²) in [4.78, 5) is 39.6. The average molecular weight is 408 g/mol. The number of hydrogen-bond acceptors (Lipinski definition) is 4. The molecule has 0 saturated carbocycles. The lowest BCUT2D eigenvalue weighted by Crippen LogP contribution is -2.53. The minimum Gasteiger partial charge on any atom is -0.352 e. The lowest BCUT2D eigenvalue weighted by molar-refractivity contribution is -0.122. The number of anilines is 1. The lowest BCUT2D eigenvalue weighted by atomic mass is 10.0. The van der Waals surface area contributed by atoms with E-state index in [4.69, 9.17) is 0 Å². The molecule has 0 bridgehead atoms. The smallest absolute Gasteiger partial charge is 0.241 e. The Labute approximate surface area is 177 Å². The largest absolute Gasteiger partial charge is 0.352 e. The molecule has 6 heteroatoms. The summed E-state index contributed by atoms with van der Waals surface area (Å²) in [5.41, 5.74) is 1.56. The molecule has 2 unspecified atom stereocenters. The van der Waals surface area contributed by atoms with Crippen LogP contribution in [0.2, 0.25) is 0 Å². The maximum absolute atomic E-state index is 13.0. The molecule has 2 atom stereocenters. The summed E-state index contributed by atoms with van der Waals surface area (Å²) in [6.07, 6.45) is 2.30. The fourth-order valence-corrected chi connectivity index (χ4v) is 3.74. The van der Waals surface area contributed by atoms with E-state index in [1.807, 2.05) is 32.0 Å². The first-order valence-corrected chi connectivity index (χ1v) is 10.5. The lowest BCUT2D eigenvalue weighted by Gasteiger charge is -2.36. The standard InChI is InChI=1S/C24H29N3O3/c1-3-22(28)25-19-12-9-15-27(16-19)17(2)24(30)26-21-14-8-7-13-20(21)23(29)18-10-5-4-6-11-18/h4-8,10-11,13-14,17,19H,3,9,12,15-16H2,1-2H3,(H,25,28)(H,26,30). The van der Waals surface area contributed by atoms with Crippen LogP contribution < -0.4 is 10.6 Å². The zero-order valence-electron chi connectivity index (χ0n) is 17.6. The number of nitrogens with zero attached hydrogens (tertiary/aromatic N) is 1. The van der Waals surface area contributed by atoms with Crippen molar-refractivity contribution in [2.45, 2.75) is 45.2 Å². The highest BCUT2D eigenvalue weighted by molar-refractivity contribution is 6.14. The Morgan fingerprint density at radius 3 is 2.50 bits per heavy atom. The molecule has 2 N–H and O–H groups in total. The van der Waals surface area contributed by atoms with Crippen LogP contribution in [0, 0.1) is 0 Å². The molecule has 158 valence electrons. The second kappa shape index (κ2) is 10.2. The van der Waals surface area contributed by atoms with E-state index in [9.17, 15) is 14.4 Å². The molecule has 1 saturated heterocycles. The molecule has 0 radical (unpaired) electrons. The Bertz CT molecular complexity index is 898. The van der Waals surface area contributed by atoms with Gasteiger partial charge in [0, 0.05) is 30.1 Å². The second-order valence-corrected chi connectivity index (χ2v) is 7.66. The predicted molar refractivity (Wildman–Crippen MR) is 117 cm³/mol. The van der Waals surface area contributed by atoms with E-state index in [1.54, 1.807) is 36.4 Å². The summed E-state index contributed by atoms with van der Waals surface area (Å²) in [6, 6.07) is 15.8. The molecule has 2 aromatic rings. The van der Waals surface area contributed by atoms with Crippen LogP contribution in [0.4, 0.5) is 5.69 Å². The van der Waals surface area contributed by atoms with E-state index in [2.05, 4.69) is 15.5 Å². The summed E-state index contributed by atoms with van der Waals surface area (Å²) >= 11 is 0. The number of para-hydroxylation sites is 1. The number of hydrogen-bond donors (Lipinski definition) is 2. The number of carbonyl (C=O) groups excluding carboxylic acids is 3. The molecular formula is C24H29N3O3. The first-order valence-electron chi connectivity index (χ1n) is 10.5. The number of likely N-dealkylation sites (tertiary alicyclic amines) is 1. The van der Waals surface area contributed by atoms with Crippen LogP contribution in [0.5, 0.6) is 0 Å². The van der Waals surface area contributed by atoms with Crippen molar-refractivity contribution in [3.05, 3.63) is 65.7 Å². The van der Waals surface area contributed by atoms with Gasteiger partial charge in [0.15, 0.2) is 5.78 Å². The average Bonchev–Trinajstić information content (AvgIpc) is 2.79. The summed E-state index contributed by atoms with van der Waals surface area (Å²) in [6.45, 7) is 5.14. The van der Waals surface area contributed by atoms with Crippen LogP contribution in [0.1, 0.15) is 49.0 Å². The number of rotatable bonds is 7. The maximum atomic E-state index is 13.0. The SMILES string of the molecule is CCC(=O)NC1CCCN(C(C)C(=O)Nc2ccccc2C(=O)c2ccccc2)C1. The van der Waals surface area contributed by atoms with Gasteiger partial charge in [-0.15, -0.1) is 0 Å². The highest BCUT2D eigenvalue weighted by Gasteiger charge is 2.28. The molecule has 1 heterocycles. The third-order valence-electron chi connectivity index (χ3n) is 5.53. The van der Waals surface area contributed by atoms with E-state index >= 15 is 0 Å². The fourth-order valence-electron chi connectivity index (χ4n) is 3.74. The molecule has 30 heavy (non-hydrogen) atoms. The van der Waals surface area contributed by atoms with Gasteiger partial charge in [0.25, 0.3) is 0 Å². The van der Waals surface area contributed by atoms with Crippen molar-refractivity contribution in [2.75, 3.05) is 18.4 Å². The van der Waals surface area contributed by atoms with Crippen LogP contribution in [0.3, 0.4) is 0 Å². The molecule has 0 aliphatic carbocycles. The first-order chi connectivity index (χ1) is 14.5. The maximum Gasteiger partial charge on any atom is 0.241 e. The Kier molecular flexibility index (Phi) is 7.36. The van der Waals surface area contributed by atoms with Crippen molar-refractivity contribution >= 4 is 23.3 Å². The molecule has 2 amide bonds. The van der Waals surface area contributed by atoms with Gasteiger partial charge >= 0.3 is 0 Å². The van der Waals surface area contributed by atoms with Crippen LogP contribution in [0.25, 0.3) is 0 Å². The van der Waals surface area contributed by atoms with Gasteiger partial charge in [-0.05, 0) is 38.4 Å². The highest BCUT2D eigenvalue weighted by atomic mass is 16.2. The third-order valence-corrected chi connectivity index (χ3v) is 5.53. The topological polar surface area (TPSA) is 78.5 Å². The van der Waals surface area contributed by atoms with E-state index < -0.39 is 0 Å². The molecule has 1 aliphatic rings. The van der Waals surface area contributed by atoms with Crippen LogP contribution >= 0.6 is 0 Å². The Balaban J connectivity index is 1.69. The summed E-state index contributed by atoms with van der Waals surface area (Å²) in [5.74, 6) is -0.252. The molecule has 1 fully saturated rings. The van der Waals surface area contributed by atoms with Crippen molar-refractivity contribution in [3.8, 4) is 0 Å². The van der Waals surface area contributed by atoms with E-state index in [0.717, 1.165) is 19.4 Å². The predicted octanol–water partition coefficient (Wildman–Crippen LogP) is 3.24. The molecule has 6 nitrogen and oxygen atoms in total. The quantitative estimate of drug-likeness (QED) is 0.691. The van der Waals surface area contributed by atoms with Gasteiger partial charge in [-0.1, -0.05) is 49.4 Å². The van der Waals surface area contributed by atoms with E-state index in [1.165, 1.54) is 0 Å². The van der Waals surface area contributed by atoms with Gasteiger partial charge in [0.1, 0.15) is 0 Å². The van der Waals surface area contributed by atoms with Crippen molar-refractivity contribution < 1.29 is 14.4 Å². The molecule has 0 spiro atoms. The van der Waals surface area contributed by atoms with E-state index in [-0.39, 0.29) is 29.7 Å². The van der Waals surface area contributed by atoms with Gasteiger partial charge in [0.2, 0.25) is 11.8 Å². The van der Waals surface area contributed by atoms with Crippen molar-refractivity contribution in [1.29, 1.82) is 0 Å². The van der Waals surface area contributed by atoms with Gasteiger partial charge in [-0.2, -0.15) is 0 Å². The van der Waals surface area contributed by atoms with Gasteiger partial charge in [-0.3, -0.25) is 19.3 Å². The monoisotopic (exact) mass is 407 g/mol. The number of nitrogens with one attached hydrogen (secondary N) is 2. The minimum absolute atomic E-state index is 0.0345. The van der Waals surface area contributed by atoms with Crippen LogP contribution in [0.15, 0.2) is 54.6 Å². The minimum atomic E-state index is -0.369. The second-order valence-electron chi connectivity index (χ2n) is 7.66. The number of amides is 2. The number of ketones is 1. The molecule has 0 aromatic heterocycles. The van der Waals surface area contributed by atoms with Crippen molar-refractivity contribution in [2.24, 2.45) is 0 Å². The Morgan fingerprint density at radius 2 is 1.77 bits per heavy atom. The Morgan fingerprint density at radius 1 is 1.07 bits per heavy atom. The number of benzene rings is 2. The molecule has 3 rings (SSSR count). The highest BCUT2D eigenvalue weighted by Crippen LogP contribution is 2.21. The summed E-state index contributed by atoms with van der Waals surface area (Å²) in [5, 5.41) is 5.96. The summed E-state index contributed by atoms with van der Waals surface area (Å²) in [7, 11) is 0. The number of carbonyl (C=O) groups is 3. The zero-order valence-corrected chi connectivity index (χ0v) is 17.6. The fraction of sp³-hybridized carbons (Fsp3) is 0.375. The zero-order chi connectivity index (χ0) is 21.5. The normalized spacial score (nSPS) is 17.7. The summed E-state index contributed by atoms with van der Waals surface area (Å²) < 4.78 is 0. The van der Waals surface area contributed by atoms with E-state index in [0.29, 0.717) is 29.8 Å². The molecular weight excluding hydrogens is 378 g/mol. The number of piperidine rings is 1. The first kappa shape index (κ1) is 21.7. The van der Waals surface area contributed by atoms with Crippen LogP contribution in [-0.4, -0.2) is 47.7 Å². The molecule has 1 aliphatic heterocycles.